The summed E-state index contributed by atoms with van der Waals surface area (Å²) in [6.07, 6.45) is 0. The summed E-state index contributed by atoms with van der Waals surface area (Å²) in [5, 5.41) is 9.50. The van der Waals surface area contributed by atoms with Gasteiger partial charge in [-0.15, -0.1) is 0 Å². The van der Waals surface area contributed by atoms with Crippen molar-refractivity contribution in [2.75, 3.05) is 0 Å². The number of sulfonamides is 1. The number of primary sulfonamides is 1. The third kappa shape index (κ3) is 3.43. The van der Waals surface area contributed by atoms with E-state index in [2.05, 4.69) is 5.10 Å². The summed E-state index contributed by atoms with van der Waals surface area (Å²) in [5.74, 6) is 0.293. The van der Waals surface area contributed by atoms with Crippen LogP contribution in [-0.2, 0) is 23.7 Å². The lowest BCUT2D eigenvalue weighted by Gasteiger charge is -2.14. The highest BCUT2D eigenvalue weighted by atomic mass is 32.2. The Kier molecular flexibility index (Phi) is 4.06. The summed E-state index contributed by atoms with van der Waals surface area (Å²) in [5.41, 5.74) is 3.29. The van der Waals surface area contributed by atoms with E-state index in [0.717, 1.165) is 22.5 Å². The molecule has 0 bridgehead atoms. The van der Waals surface area contributed by atoms with Crippen LogP contribution in [0.15, 0.2) is 23.1 Å². The highest BCUT2D eigenvalue weighted by molar-refractivity contribution is 7.89. The second-order valence-electron chi connectivity index (χ2n) is 5.14. The Morgan fingerprint density at radius 1 is 1.24 bits per heavy atom. The minimum absolute atomic E-state index is 0.0129. The van der Waals surface area contributed by atoms with Crippen LogP contribution < -0.4 is 9.88 Å². The van der Waals surface area contributed by atoms with Crippen LogP contribution in [-0.4, -0.2) is 18.2 Å². The summed E-state index contributed by atoms with van der Waals surface area (Å²) in [6, 6.07) is 5.27. The number of nitrogens with two attached hydrogens (primary N) is 1. The number of aryl methyl sites for hydroxylation is 4. The average molecular weight is 309 g/mol. The highest BCUT2D eigenvalue weighted by Gasteiger charge is 2.18. The molecule has 6 nitrogen and oxygen atoms in total. The van der Waals surface area contributed by atoms with E-state index in [1.54, 1.807) is 11.6 Å². The Hall–Kier alpha value is -1.86. The van der Waals surface area contributed by atoms with E-state index in [-0.39, 0.29) is 11.5 Å². The minimum Gasteiger partial charge on any atom is -0.486 e. The lowest BCUT2D eigenvalue weighted by molar-refractivity contribution is 0.285. The largest absolute Gasteiger partial charge is 0.486 e. The molecule has 0 unspecified atom stereocenters. The Morgan fingerprint density at radius 2 is 1.90 bits per heavy atom. The lowest BCUT2D eigenvalue weighted by atomic mass is 10.1. The molecule has 1 heterocycles. The minimum atomic E-state index is -3.84. The van der Waals surface area contributed by atoms with Crippen LogP contribution in [0.5, 0.6) is 5.75 Å². The van der Waals surface area contributed by atoms with E-state index >= 15 is 0 Å². The molecule has 1 aromatic heterocycles. The van der Waals surface area contributed by atoms with E-state index in [1.807, 2.05) is 33.0 Å². The van der Waals surface area contributed by atoms with Crippen LogP contribution in [0.1, 0.15) is 22.5 Å². The van der Waals surface area contributed by atoms with E-state index < -0.39 is 10.0 Å². The molecule has 0 saturated heterocycles. The predicted octanol–water partition coefficient (Wildman–Crippen LogP) is 1.57. The third-order valence-electron chi connectivity index (χ3n) is 3.15. The van der Waals surface area contributed by atoms with Crippen LogP contribution in [0.2, 0.25) is 0 Å². The van der Waals surface area contributed by atoms with Gasteiger partial charge in [-0.3, -0.25) is 4.68 Å². The van der Waals surface area contributed by atoms with Crippen molar-refractivity contribution in [2.24, 2.45) is 12.2 Å². The molecule has 0 aliphatic carbocycles. The Morgan fingerprint density at radius 3 is 2.43 bits per heavy atom. The van der Waals surface area contributed by atoms with Gasteiger partial charge in [-0.25, -0.2) is 13.6 Å². The summed E-state index contributed by atoms with van der Waals surface area (Å²) >= 11 is 0. The summed E-state index contributed by atoms with van der Waals surface area (Å²) in [6.45, 7) is 5.72. The zero-order valence-corrected chi connectivity index (χ0v) is 13.4. The molecule has 2 rings (SSSR count). The fourth-order valence-corrected chi connectivity index (χ4v) is 3.09. The number of hydrogen-bond donors (Lipinski definition) is 1. The zero-order chi connectivity index (χ0) is 15.8. The molecule has 0 fully saturated rings. The SMILES string of the molecule is Cc1cc(C)c(OCc2cc(C)nn2C)c(S(N)(=O)=O)c1. The van der Waals surface area contributed by atoms with Gasteiger partial charge < -0.3 is 4.74 Å². The molecule has 0 aliphatic heterocycles. The van der Waals surface area contributed by atoms with Crippen molar-refractivity contribution in [3.8, 4) is 5.75 Å². The number of hydrogen-bond acceptors (Lipinski definition) is 4. The second-order valence-corrected chi connectivity index (χ2v) is 6.67. The lowest BCUT2D eigenvalue weighted by Crippen LogP contribution is -2.15. The molecule has 0 amide bonds. The third-order valence-corrected chi connectivity index (χ3v) is 4.07. The summed E-state index contributed by atoms with van der Waals surface area (Å²) in [4.78, 5) is 0.0129. The van der Waals surface area contributed by atoms with Crippen LogP contribution in [0.25, 0.3) is 0 Å². The van der Waals surface area contributed by atoms with Gasteiger partial charge in [0.15, 0.2) is 0 Å². The van der Waals surface area contributed by atoms with Crippen molar-refractivity contribution < 1.29 is 13.2 Å². The first-order chi connectivity index (χ1) is 9.68. The predicted molar refractivity (Wildman–Crippen MR) is 79.6 cm³/mol. The average Bonchev–Trinajstić information content (AvgIpc) is 2.64. The van der Waals surface area contributed by atoms with Gasteiger partial charge in [0.05, 0.1) is 11.4 Å². The number of nitrogens with zero attached hydrogens (tertiary/aromatic N) is 2. The van der Waals surface area contributed by atoms with Crippen molar-refractivity contribution in [1.82, 2.24) is 9.78 Å². The van der Waals surface area contributed by atoms with Crippen molar-refractivity contribution in [1.29, 1.82) is 0 Å². The van der Waals surface area contributed by atoms with Gasteiger partial charge in [0.1, 0.15) is 17.3 Å². The summed E-state index contributed by atoms with van der Waals surface area (Å²) < 4.78 is 30.9. The molecule has 21 heavy (non-hydrogen) atoms. The maximum absolute atomic E-state index is 11.7. The monoisotopic (exact) mass is 309 g/mol. The zero-order valence-electron chi connectivity index (χ0n) is 12.5. The maximum Gasteiger partial charge on any atom is 0.241 e. The molecular weight excluding hydrogens is 290 g/mol. The maximum atomic E-state index is 11.7. The van der Waals surface area contributed by atoms with Crippen LogP contribution >= 0.6 is 0 Å². The van der Waals surface area contributed by atoms with Gasteiger partial charge in [0, 0.05) is 7.05 Å². The van der Waals surface area contributed by atoms with Gasteiger partial charge in [-0.2, -0.15) is 5.10 Å². The molecule has 0 atom stereocenters. The van der Waals surface area contributed by atoms with Crippen LogP contribution in [0, 0.1) is 20.8 Å². The molecule has 114 valence electrons. The Bertz CT molecular complexity index is 779. The molecule has 2 aromatic rings. The Balaban J connectivity index is 2.38. The molecule has 0 aliphatic rings. The molecular formula is C14H19N3O3S. The standard InChI is InChI=1S/C14H19N3O3S/c1-9-5-10(2)14(13(6-9)21(15,18)19)20-8-12-7-11(3)16-17(12)4/h5-7H,8H2,1-4H3,(H2,15,18,19). The highest BCUT2D eigenvalue weighted by Crippen LogP contribution is 2.29. The van der Waals surface area contributed by atoms with E-state index in [4.69, 9.17) is 9.88 Å². The first kappa shape index (κ1) is 15.5. The Labute approximate surface area is 124 Å². The number of rotatable bonds is 4. The van der Waals surface area contributed by atoms with E-state index in [1.165, 1.54) is 6.07 Å². The molecule has 2 N–H and O–H groups in total. The number of aromatic nitrogens is 2. The molecule has 1 aromatic carbocycles. The molecule has 0 saturated carbocycles. The van der Waals surface area contributed by atoms with E-state index in [0.29, 0.717) is 5.75 Å². The first-order valence-electron chi connectivity index (χ1n) is 6.45. The molecule has 7 heteroatoms. The fraction of sp³-hybridized carbons (Fsp3) is 0.357. The van der Waals surface area contributed by atoms with Gasteiger partial charge in [-0.05, 0) is 44.0 Å². The van der Waals surface area contributed by atoms with Crippen molar-refractivity contribution >= 4 is 10.0 Å². The normalized spacial score (nSPS) is 11.7. The topological polar surface area (TPSA) is 87.2 Å². The van der Waals surface area contributed by atoms with Crippen LogP contribution in [0.3, 0.4) is 0 Å². The second kappa shape index (κ2) is 5.50. The van der Waals surface area contributed by atoms with Gasteiger partial charge in [0.25, 0.3) is 0 Å². The van der Waals surface area contributed by atoms with E-state index in [9.17, 15) is 8.42 Å². The number of ether oxygens (including phenoxy) is 1. The fourth-order valence-electron chi connectivity index (χ4n) is 2.26. The van der Waals surface area contributed by atoms with Crippen LogP contribution in [0.4, 0.5) is 0 Å². The van der Waals surface area contributed by atoms with Gasteiger partial charge >= 0.3 is 0 Å². The first-order valence-corrected chi connectivity index (χ1v) is 7.99. The van der Waals surface area contributed by atoms with Crippen molar-refractivity contribution in [3.63, 3.8) is 0 Å². The van der Waals surface area contributed by atoms with Gasteiger partial charge in [0.2, 0.25) is 10.0 Å². The van der Waals surface area contributed by atoms with Crippen molar-refractivity contribution in [3.05, 3.63) is 40.7 Å². The molecule has 0 radical (unpaired) electrons. The molecule has 0 spiro atoms. The number of benzene rings is 1. The summed E-state index contributed by atoms with van der Waals surface area (Å²) in [7, 11) is -2.02. The van der Waals surface area contributed by atoms with Crippen molar-refractivity contribution in [2.45, 2.75) is 32.3 Å². The quantitative estimate of drug-likeness (QED) is 0.928. The van der Waals surface area contributed by atoms with Gasteiger partial charge in [-0.1, -0.05) is 6.07 Å². The smallest absolute Gasteiger partial charge is 0.241 e.